The SMILES string of the molecule is CC=COC(C)CCCCCCCCCCOc1ccc(C(C)(C)c2ccc(OCCCCCCCCCCC(C)OC=CC)cc2)cc1. The van der Waals surface area contributed by atoms with Gasteiger partial charge in [0.2, 0.25) is 0 Å². The van der Waals surface area contributed by atoms with Crippen molar-refractivity contribution in [3.05, 3.63) is 84.3 Å². The molecule has 0 radical (unpaired) electrons. The van der Waals surface area contributed by atoms with Crippen molar-refractivity contribution in [3.63, 3.8) is 0 Å². The summed E-state index contributed by atoms with van der Waals surface area (Å²) in [6.07, 6.45) is 31.0. The summed E-state index contributed by atoms with van der Waals surface area (Å²) in [7, 11) is 0. The van der Waals surface area contributed by atoms with Crippen molar-refractivity contribution in [1.29, 1.82) is 0 Å². The molecule has 0 amide bonds. The van der Waals surface area contributed by atoms with Gasteiger partial charge in [-0.3, -0.25) is 0 Å². The van der Waals surface area contributed by atoms with Gasteiger partial charge in [0.15, 0.2) is 0 Å². The Morgan fingerprint density at radius 2 is 0.776 bits per heavy atom. The fourth-order valence-electron chi connectivity index (χ4n) is 6.23. The van der Waals surface area contributed by atoms with E-state index in [4.69, 9.17) is 18.9 Å². The molecule has 2 aromatic carbocycles. The molecule has 276 valence electrons. The van der Waals surface area contributed by atoms with Crippen molar-refractivity contribution >= 4 is 0 Å². The molecular formula is C45H72O4. The molecule has 2 aromatic rings. The fraction of sp³-hybridized carbons (Fsp3) is 0.644. The number of hydrogen-bond donors (Lipinski definition) is 0. The minimum Gasteiger partial charge on any atom is -0.499 e. The van der Waals surface area contributed by atoms with Gasteiger partial charge in [-0.2, -0.15) is 0 Å². The van der Waals surface area contributed by atoms with Crippen LogP contribution < -0.4 is 9.47 Å². The van der Waals surface area contributed by atoms with Gasteiger partial charge < -0.3 is 18.9 Å². The van der Waals surface area contributed by atoms with Crippen molar-refractivity contribution in [1.82, 2.24) is 0 Å². The lowest BCUT2D eigenvalue weighted by Crippen LogP contribution is -2.18. The molecule has 0 aliphatic rings. The number of ether oxygens (including phenoxy) is 4. The van der Waals surface area contributed by atoms with Crippen molar-refractivity contribution in [3.8, 4) is 11.5 Å². The van der Waals surface area contributed by atoms with Crippen LogP contribution in [0.25, 0.3) is 0 Å². The maximum Gasteiger partial charge on any atom is 0.119 e. The van der Waals surface area contributed by atoms with Crippen LogP contribution in [-0.4, -0.2) is 25.4 Å². The van der Waals surface area contributed by atoms with E-state index in [1.807, 2.05) is 26.0 Å². The molecule has 2 atom stereocenters. The first kappa shape index (κ1) is 42.3. The largest absolute Gasteiger partial charge is 0.499 e. The molecule has 0 N–H and O–H groups in total. The van der Waals surface area contributed by atoms with E-state index in [2.05, 4.69) is 76.2 Å². The topological polar surface area (TPSA) is 36.9 Å². The van der Waals surface area contributed by atoms with Gasteiger partial charge in [0.05, 0.1) is 37.9 Å². The van der Waals surface area contributed by atoms with Gasteiger partial charge in [-0.05, 0) is 102 Å². The highest BCUT2D eigenvalue weighted by molar-refractivity contribution is 5.41. The van der Waals surface area contributed by atoms with E-state index < -0.39 is 0 Å². The lowest BCUT2D eigenvalue weighted by molar-refractivity contribution is 0.149. The van der Waals surface area contributed by atoms with Crippen molar-refractivity contribution in [2.45, 2.75) is 175 Å². The number of benzene rings is 2. The molecule has 4 nitrogen and oxygen atoms in total. The molecule has 0 heterocycles. The summed E-state index contributed by atoms with van der Waals surface area (Å²) in [5, 5.41) is 0. The van der Waals surface area contributed by atoms with Gasteiger partial charge in [0, 0.05) is 5.41 Å². The van der Waals surface area contributed by atoms with Gasteiger partial charge >= 0.3 is 0 Å². The number of unbranched alkanes of at least 4 members (excludes halogenated alkanes) is 14. The lowest BCUT2D eigenvalue weighted by atomic mass is 9.78. The minimum absolute atomic E-state index is 0.0894. The highest BCUT2D eigenvalue weighted by atomic mass is 16.5. The quantitative estimate of drug-likeness (QED) is 0.0609. The Hall–Kier alpha value is -2.88. The van der Waals surface area contributed by atoms with Crippen LogP contribution >= 0.6 is 0 Å². The smallest absolute Gasteiger partial charge is 0.119 e. The van der Waals surface area contributed by atoms with Gasteiger partial charge in [-0.25, -0.2) is 0 Å². The zero-order valence-electron chi connectivity index (χ0n) is 32.4. The van der Waals surface area contributed by atoms with Crippen molar-refractivity contribution in [2.24, 2.45) is 0 Å². The minimum atomic E-state index is -0.0894. The first-order valence-electron chi connectivity index (χ1n) is 19.9. The summed E-state index contributed by atoms with van der Waals surface area (Å²) in [6.45, 7) is 14.5. The Balaban J connectivity index is 1.52. The maximum atomic E-state index is 6.07. The Bertz CT molecular complexity index is 1010. The molecule has 0 fully saturated rings. The van der Waals surface area contributed by atoms with Crippen molar-refractivity contribution < 1.29 is 18.9 Å². The third kappa shape index (κ3) is 19.8. The highest BCUT2D eigenvalue weighted by Gasteiger charge is 2.23. The Labute approximate surface area is 302 Å². The zero-order chi connectivity index (χ0) is 35.4. The highest BCUT2D eigenvalue weighted by Crippen LogP contribution is 2.33. The van der Waals surface area contributed by atoms with E-state index in [-0.39, 0.29) is 5.41 Å². The van der Waals surface area contributed by atoms with Crippen LogP contribution in [0.4, 0.5) is 0 Å². The Morgan fingerprint density at radius 1 is 0.469 bits per heavy atom. The van der Waals surface area contributed by atoms with Crippen molar-refractivity contribution in [2.75, 3.05) is 13.2 Å². The summed E-state index contributed by atoms with van der Waals surface area (Å²) in [5.74, 6) is 1.93. The molecule has 0 spiro atoms. The van der Waals surface area contributed by atoms with Crippen LogP contribution in [-0.2, 0) is 14.9 Å². The summed E-state index contributed by atoms with van der Waals surface area (Å²) >= 11 is 0. The van der Waals surface area contributed by atoms with Gasteiger partial charge in [0.1, 0.15) is 11.5 Å². The van der Waals surface area contributed by atoms with E-state index in [1.54, 1.807) is 12.5 Å². The molecule has 0 saturated heterocycles. The molecule has 49 heavy (non-hydrogen) atoms. The molecule has 0 saturated carbocycles. The number of rotatable bonds is 30. The Morgan fingerprint density at radius 3 is 1.10 bits per heavy atom. The zero-order valence-corrected chi connectivity index (χ0v) is 32.4. The molecule has 0 bridgehead atoms. The van der Waals surface area contributed by atoms with Crippen LogP contribution in [0.2, 0.25) is 0 Å². The fourth-order valence-corrected chi connectivity index (χ4v) is 6.23. The molecule has 4 heteroatoms. The van der Waals surface area contributed by atoms with Crippen LogP contribution in [0.5, 0.6) is 11.5 Å². The van der Waals surface area contributed by atoms with Gasteiger partial charge in [-0.15, -0.1) is 0 Å². The third-order valence-corrected chi connectivity index (χ3v) is 9.59. The molecule has 2 rings (SSSR count). The average Bonchev–Trinajstić information content (AvgIpc) is 3.11. The second kappa shape index (κ2) is 26.9. The predicted octanol–water partition coefficient (Wildman–Crippen LogP) is 13.7. The van der Waals surface area contributed by atoms with Gasteiger partial charge in [0.25, 0.3) is 0 Å². The van der Waals surface area contributed by atoms with Crippen LogP contribution in [0, 0.1) is 0 Å². The van der Waals surface area contributed by atoms with E-state index >= 15 is 0 Å². The average molecular weight is 677 g/mol. The monoisotopic (exact) mass is 677 g/mol. The van der Waals surface area contributed by atoms with Crippen LogP contribution in [0.3, 0.4) is 0 Å². The van der Waals surface area contributed by atoms with E-state index in [9.17, 15) is 0 Å². The normalized spacial score (nSPS) is 13.2. The summed E-state index contributed by atoms with van der Waals surface area (Å²) in [5.41, 5.74) is 2.50. The Kier molecular flexibility index (Phi) is 23.2. The standard InChI is InChI=1S/C45H72O4/c1-7-35-46-39(3)25-21-17-13-9-11-15-19-23-37-48-43-31-27-41(28-32-43)45(5,6)42-29-33-44(34-30-42)49-38-24-20-16-12-10-14-18-22-26-40(4)47-36-8-2/h7-8,27-36,39-40H,9-26,37-38H2,1-6H3. The molecule has 2 unspecified atom stereocenters. The molecule has 0 aromatic heterocycles. The summed E-state index contributed by atoms with van der Waals surface area (Å²) in [4.78, 5) is 0. The van der Waals surface area contributed by atoms with Gasteiger partial charge in [-0.1, -0.05) is 127 Å². The second-order valence-electron chi connectivity index (χ2n) is 14.4. The van der Waals surface area contributed by atoms with E-state index in [0.29, 0.717) is 12.2 Å². The van der Waals surface area contributed by atoms with Crippen LogP contribution in [0.15, 0.2) is 73.2 Å². The molecular weight excluding hydrogens is 604 g/mol. The summed E-state index contributed by atoms with van der Waals surface area (Å²) in [6, 6.07) is 17.4. The molecule has 0 aliphatic carbocycles. The van der Waals surface area contributed by atoms with E-state index in [0.717, 1.165) is 50.4 Å². The summed E-state index contributed by atoms with van der Waals surface area (Å²) < 4.78 is 23.3. The second-order valence-corrected chi connectivity index (χ2v) is 14.4. The van der Waals surface area contributed by atoms with E-state index in [1.165, 1.54) is 101 Å². The third-order valence-electron chi connectivity index (χ3n) is 9.59. The number of allylic oxidation sites excluding steroid dienone is 2. The van der Waals surface area contributed by atoms with Crippen LogP contribution in [0.1, 0.15) is 168 Å². The first-order valence-corrected chi connectivity index (χ1v) is 19.9. The first-order chi connectivity index (χ1) is 23.9. The predicted molar refractivity (Wildman–Crippen MR) is 210 cm³/mol. The lowest BCUT2D eigenvalue weighted by Gasteiger charge is -2.26. The molecule has 0 aliphatic heterocycles. The number of hydrogen-bond acceptors (Lipinski definition) is 4. The maximum absolute atomic E-state index is 6.07.